The van der Waals surface area contributed by atoms with Crippen molar-refractivity contribution in [2.75, 3.05) is 6.54 Å². The Morgan fingerprint density at radius 2 is 2.00 bits per heavy atom. The van der Waals surface area contributed by atoms with Crippen molar-refractivity contribution in [3.8, 4) is 0 Å². The third-order valence-electron chi connectivity index (χ3n) is 4.81. The van der Waals surface area contributed by atoms with Crippen molar-refractivity contribution in [1.82, 2.24) is 10.3 Å². The van der Waals surface area contributed by atoms with Crippen LogP contribution in [0.4, 0.5) is 0 Å². The number of carbonyl (C=O) groups is 1. The molecule has 3 heteroatoms. The molecule has 1 aliphatic rings. The van der Waals surface area contributed by atoms with E-state index in [1.54, 1.807) is 0 Å². The van der Waals surface area contributed by atoms with Crippen LogP contribution in [-0.2, 0) is 0 Å². The Labute approximate surface area is 126 Å². The highest BCUT2D eigenvalue weighted by atomic mass is 16.1. The van der Waals surface area contributed by atoms with Crippen molar-refractivity contribution in [2.45, 2.75) is 39.0 Å². The number of hydrogen-bond donors (Lipinski definition) is 2. The fraction of sp³-hybridized carbons (Fsp3) is 0.500. The summed E-state index contributed by atoms with van der Waals surface area (Å²) in [5.41, 5.74) is 1.77. The van der Waals surface area contributed by atoms with Gasteiger partial charge in [-0.25, -0.2) is 0 Å². The number of benzene rings is 1. The predicted molar refractivity (Wildman–Crippen MR) is 86.4 cm³/mol. The molecule has 1 amide bonds. The number of hydrogen-bond acceptors (Lipinski definition) is 1. The summed E-state index contributed by atoms with van der Waals surface area (Å²) in [7, 11) is 0. The summed E-state index contributed by atoms with van der Waals surface area (Å²) in [6.07, 6.45) is 8.26. The fourth-order valence-electron chi connectivity index (χ4n) is 3.36. The first-order chi connectivity index (χ1) is 10.2. The molecule has 0 radical (unpaired) electrons. The number of nitrogens with one attached hydrogen (secondary N) is 2. The maximum Gasteiger partial charge on any atom is 0.253 e. The van der Waals surface area contributed by atoms with E-state index in [0.717, 1.165) is 41.3 Å². The number of aromatic nitrogens is 1. The topological polar surface area (TPSA) is 44.9 Å². The van der Waals surface area contributed by atoms with Crippen molar-refractivity contribution < 1.29 is 4.79 Å². The van der Waals surface area contributed by atoms with Crippen LogP contribution in [-0.4, -0.2) is 17.4 Å². The lowest BCUT2D eigenvalue weighted by atomic mass is 9.81. The number of carbonyl (C=O) groups excluding carboxylic acids is 1. The Hall–Kier alpha value is -1.77. The van der Waals surface area contributed by atoms with Gasteiger partial charge in [0.15, 0.2) is 0 Å². The number of para-hydroxylation sites is 1. The minimum absolute atomic E-state index is 0.0385. The highest BCUT2D eigenvalue weighted by molar-refractivity contribution is 6.06. The van der Waals surface area contributed by atoms with Crippen LogP contribution in [0.25, 0.3) is 10.9 Å². The summed E-state index contributed by atoms with van der Waals surface area (Å²) in [6, 6.07) is 7.93. The monoisotopic (exact) mass is 284 g/mol. The number of rotatable bonds is 4. The zero-order chi connectivity index (χ0) is 14.7. The first-order valence-electron chi connectivity index (χ1n) is 8.08. The second-order valence-electron chi connectivity index (χ2n) is 6.42. The summed E-state index contributed by atoms with van der Waals surface area (Å²) < 4.78 is 0. The van der Waals surface area contributed by atoms with E-state index >= 15 is 0 Å². The van der Waals surface area contributed by atoms with Gasteiger partial charge in [0.2, 0.25) is 0 Å². The molecule has 3 rings (SSSR count). The van der Waals surface area contributed by atoms with Crippen molar-refractivity contribution in [3.63, 3.8) is 0 Å². The molecule has 0 atom stereocenters. The molecule has 1 fully saturated rings. The van der Waals surface area contributed by atoms with Gasteiger partial charge >= 0.3 is 0 Å². The third kappa shape index (κ3) is 3.29. The molecule has 1 aliphatic carbocycles. The van der Waals surface area contributed by atoms with Crippen LogP contribution in [0.5, 0.6) is 0 Å². The molecule has 1 heterocycles. The molecule has 1 saturated carbocycles. The molecule has 2 N–H and O–H groups in total. The first kappa shape index (κ1) is 14.2. The lowest BCUT2D eigenvalue weighted by molar-refractivity contribution is 0.0951. The van der Waals surface area contributed by atoms with Crippen LogP contribution in [0.15, 0.2) is 30.5 Å². The lowest BCUT2D eigenvalue weighted by Gasteiger charge is -2.26. The predicted octanol–water partition coefficient (Wildman–Crippen LogP) is 4.11. The van der Waals surface area contributed by atoms with Crippen LogP contribution < -0.4 is 5.32 Å². The molecular formula is C18H24N2O. The van der Waals surface area contributed by atoms with Gasteiger partial charge in [-0.15, -0.1) is 0 Å². The Balaban J connectivity index is 1.52. The Bertz CT molecular complexity index is 608. The molecular weight excluding hydrogens is 260 g/mol. The van der Waals surface area contributed by atoms with Gasteiger partial charge in [-0.05, 0) is 24.3 Å². The fourth-order valence-corrected chi connectivity index (χ4v) is 3.36. The molecule has 0 spiro atoms. The maximum absolute atomic E-state index is 12.3. The number of aromatic amines is 1. The number of H-pyrrole nitrogens is 1. The average molecular weight is 284 g/mol. The normalized spacial score (nSPS) is 22.3. The average Bonchev–Trinajstić information content (AvgIpc) is 2.93. The van der Waals surface area contributed by atoms with Crippen LogP contribution in [0.1, 0.15) is 49.4 Å². The standard InChI is InChI=1S/C18H24N2O/c1-13-6-8-14(9-7-13)10-11-19-18(21)16-12-20-17-5-3-2-4-15(16)17/h2-5,12-14,20H,6-11H2,1H3,(H,19,21). The second kappa shape index (κ2) is 6.33. The molecule has 3 nitrogen and oxygen atoms in total. The van der Waals surface area contributed by atoms with E-state index in [2.05, 4.69) is 17.2 Å². The van der Waals surface area contributed by atoms with E-state index in [-0.39, 0.29) is 5.91 Å². The van der Waals surface area contributed by atoms with Gasteiger partial charge in [0.1, 0.15) is 0 Å². The van der Waals surface area contributed by atoms with E-state index in [1.165, 1.54) is 25.7 Å². The first-order valence-corrected chi connectivity index (χ1v) is 8.08. The quantitative estimate of drug-likeness (QED) is 0.871. The van der Waals surface area contributed by atoms with E-state index in [9.17, 15) is 4.79 Å². The zero-order valence-electron chi connectivity index (χ0n) is 12.7. The SMILES string of the molecule is CC1CCC(CCNC(=O)c2c[nH]c3ccccc23)CC1. The van der Waals surface area contributed by atoms with Crippen molar-refractivity contribution in [2.24, 2.45) is 11.8 Å². The summed E-state index contributed by atoms with van der Waals surface area (Å²) in [4.78, 5) is 15.4. The Morgan fingerprint density at radius 3 is 2.81 bits per heavy atom. The molecule has 1 aromatic heterocycles. The van der Waals surface area contributed by atoms with Crippen LogP contribution in [0, 0.1) is 11.8 Å². The molecule has 0 bridgehead atoms. The molecule has 112 valence electrons. The van der Waals surface area contributed by atoms with Crippen LogP contribution >= 0.6 is 0 Å². The van der Waals surface area contributed by atoms with Crippen molar-refractivity contribution >= 4 is 16.8 Å². The van der Waals surface area contributed by atoms with Gasteiger partial charge in [0, 0.05) is 23.6 Å². The molecule has 0 aliphatic heterocycles. The minimum atomic E-state index is 0.0385. The molecule has 0 unspecified atom stereocenters. The zero-order valence-corrected chi connectivity index (χ0v) is 12.7. The van der Waals surface area contributed by atoms with E-state index < -0.39 is 0 Å². The van der Waals surface area contributed by atoms with Crippen molar-refractivity contribution in [3.05, 3.63) is 36.0 Å². The lowest BCUT2D eigenvalue weighted by Crippen LogP contribution is -2.26. The van der Waals surface area contributed by atoms with E-state index in [4.69, 9.17) is 0 Å². The Kier molecular flexibility index (Phi) is 4.28. The van der Waals surface area contributed by atoms with Gasteiger partial charge in [0.25, 0.3) is 5.91 Å². The third-order valence-corrected chi connectivity index (χ3v) is 4.81. The minimum Gasteiger partial charge on any atom is -0.360 e. The molecule has 21 heavy (non-hydrogen) atoms. The Morgan fingerprint density at radius 1 is 1.24 bits per heavy atom. The van der Waals surface area contributed by atoms with E-state index in [0.29, 0.717) is 0 Å². The molecule has 2 aromatic rings. The van der Waals surface area contributed by atoms with Crippen molar-refractivity contribution in [1.29, 1.82) is 0 Å². The van der Waals surface area contributed by atoms with Crippen LogP contribution in [0.2, 0.25) is 0 Å². The second-order valence-corrected chi connectivity index (χ2v) is 6.42. The van der Waals surface area contributed by atoms with Gasteiger partial charge in [-0.2, -0.15) is 0 Å². The summed E-state index contributed by atoms with van der Waals surface area (Å²) in [5.74, 6) is 1.73. The van der Waals surface area contributed by atoms with Gasteiger partial charge in [-0.3, -0.25) is 4.79 Å². The summed E-state index contributed by atoms with van der Waals surface area (Å²) in [5, 5.41) is 4.08. The highest BCUT2D eigenvalue weighted by Crippen LogP contribution is 2.30. The number of fused-ring (bicyclic) bond motifs is 1. The van der Waals surface area contributed by atoms with Gasteiger partial charge in [0.05, 0.1) is 5.56 Å². The van der Waals surface area contributed by atoms with Gasteiger partial charge in [-0.1, -0.05) is 50.8 Å². The summed E-state index contributed by atoms with van der Waals surface area (Å²) >= 11 is 0. The van der Waals surface area contributed by atoms with Crippen LogP contribution in [0.3, 0.4) is 0 Å². The largest absolute Gasteiger partial charge is 0.360 e. The number of amides is 1. The summed E-state index contributed by atoms with van der Waals surface area (Å²) in [6.45, 7) is 3.13. The molecule has 1 aromatic carbocycles. The van der Waals surface area contributed by atoms with E-state index in [1.807, 2.05) is 30.5 Å². The highest BCUT2D eigenvalue weighted by Gasteiger charge is 2.18. The molecule has 0 saturated heterocycles. The van der Waals surface area contributed by atoms with Gasteiger partial charge < -0.3 is 10.3 Å². The maximum atomic E-state index is 12.3. The smallest absolute Gasteiger partial charge is 0.253 e.